The fourth-order valence-corrected chi connectivity index (χ4v) is 1.19. The van der Waals surface area contributed by atoms with Crippen molar-refractivity contribution in [3.8, 4) is 0 Å². The fraction of sp³-hybridized carbons (Fsp3) is 0.833. The highest BCUT2D eigenvalue weighted by atomic mass is 16.6. The topological polar surface area (TPSA) is 50.7 Å². The molecule has 0 rings (SSSR count). The zero-order chi connectivity index (χ0) is 13.0. The minimum atomic E-state index is -0.511. The predicted molar refractivity (Wildman–Crippen MR) is 66.6 cm³/mol. The number of hydrogen-bond donors (Lipinski definition) is 1. The molecule has 0 atom stereocenters. The van der Waals surface area contributed by atoms with Gasteiger partial charge in [0.05, 0.1) is 0 Å². The zero-order valence-electron chi connectivity index (χ0n) is 11.5. The third-order valence-electron chi connectivity index (χ3n) is 1.88. The summed E-state index contributed by atoms with van der Waals surface area (Å²) < 4.78 is 5.09. The van der Waals surface area contributed by atoms with Crippen LogP contribution in [-0.4, -0.2) is 17.4 Å². The second-order valence-electron chi connectivity index (χ2n) is 5.78. The summed E-state index contributed by atoms with van der Waals surface area (Å²) in [7, 11) is 0. The Labute approximate surface area is 98.4 Å². The molecular weight excluding hydrogens is 204 g/mol. The van der Waals surface area contributed by atoms with Gasteiger partial charge in [-0.25, -0.2) is 10.2 Å². The second-order valence-corrected chi connectivity index (χ2v) is 5.78. The molecule has 16 heavy (non-hydrogen) atoms. The van der Waals surface area contributed by atoms with Gasteiger partial charge in [0, 0.05) is 11.1 Å². The molecule has 0 aromatic heterocycles. The van der Waals surface area contributed by atoms with E-state index in [0.717, 1.165) is 12.1 Å². The molecule has 0 heterocycles. The first-order valence-corrected chi connectivity index (χ1v) is 5.62. The zero-order valence-corrected chi connectivity index (χ0v) is 11.5. The molecule has 0 aliphatic carbocycles. The maximum atomic E-state index is 11.4. The van der Waals surface area contributed by atoms with E-state index in [4.69, 9.17) is 4.74 Å². The van der Waals surface area contributed by atoms with E-state index in [9.17, 15) is 4.79 Å². The van der Waals surface area contributed by atoms with Crippen molar-refractivity contribution in [2.24, 2.45) is 10.5 Å². The molecule has 4 nitrogen and oxygen atoms in total. The van der Waals surface area contributed by atoms with E-state index in [2.05, 4.69) is 31.3 Å². The van der Waals surface area contributed by atoms with Crippen LogP contribution in [0.1, 0.15) is 54.9 Å². The van der Waals surface area contributed by atoms with Crippen LogP contribution in [0.15, 0.2) is 5.10 Å². The largest absolute Gasteiger partial charge is 0.443 e. The lowest BCUT2D eigenvalue weighted by Crippen LogP contribution is -2.32. The van der Waals surface area contributed by atoms with E-state index in [1.54, 1.807) is 0 Å². The molecule has 4 heteroatoms. The molecule has 0 aromatic carbocycles. The van der Waals surface area contributed by atoms with E-state index in [-0.39, 0.29) is 5.41 Å². The van der Waals surface area contributed by atoms with Gasteiger partial charge in [0.15, 0.2) is 0 Å². The average molecular weight is 228 g/mol. The van der Waals surface area contributed by atoms with Crippen molar-refractivity contribution >= 4 is 11.8 Å². The first-order chi connectivity index (χ1) is 7.06. The van der Waals surface area contributed by atoms with Gasteiger partial charge in [-0.1, -0.05) is 27.7 Å². The van der Waals surface area contributed by atoms with E-state index in [0.29, 0.717) is 0 Å². The molecule has 0 spiro atoms. The quantitative estimate of drug-likeness (QED) is 0.582. The first-order valence-electron chi connectivity index (χ1n) is 5.62. The highest BCUT2D eigenvalue weighted by Gasteiger charge is 2.19. The lowest BCUT2D eigenvalue weighted by molar-refractivity contribution is 0.0528. The van der Waals surface area contributed by atoms with Crippen molar-refractivity contribution in [2.75, 3.05) is 0 Å². The number of ether oxygens (including phenoxy) is 1. The molecule has 0 unspecified atom stereocenters. The van der Waals surface area contributed by atoms with Gasteiger partial charge in [-0.05, 0) is 27.2 Å². The van der Waals surface area contributed by atoms with Gasteiger partial charge in [0.2, 0.25) is 0 Å². The average Bonchev–Trinajstić information content (AvgIpc) is 1.98. The van der Waals surface area contributed by atoms with Crippen molar-refractivity contribution in [3.63, 3.8) is 0 Å². The summed E-state index contributed by atoms with van der Waals surface area (Å²) in [6.45, 7) is 13.7. The van der Waals surface area contributed by atoms with E-state index >= 15 is 0 Å². The Hall–Kier alpha value is -1.06. The highest BCUT2D eigenvalue weighted by Crippen LogP contribution is 2.17. The summed E-state index contributed by atoms with van der Waals surface area (Å²) >= 11 is 0. The SMILES string of the molecule is CC/C(=N/NC(=O)OC(C)(C)C)C(C)(C)C. The van der Waals surface area contributed by atoms with Crippen LogP contribution in [0.2, 0.25) is 0 Å². The molecule has 1 amide bonds. The van der Waals surface area contributed by atoms with E-state index in [1.165, 1.54) is 0 Å². The second kappa shape index (κ2) is 5.32. The third-order valence-corrected chi connectivity index (χ3v) is 1.88. The van der Waals surface area contributed by atoms with E-state index in [1.807, 2.05) is 27.7 Å². The molecule has 0 saturated heterocycles. The van der Waals surface area contributed by atoms with E-state index < -0.39 is 11.7 Å². The van der Waals surface area contributed by atoms with Crippen molar-refractivity contribution < 1.29 is 9.53 Å². The molecule has 0 fully saturated rings. The lowest BCUT2D eigenvalue weighted by atomic mass is 9.88. The van der Waals surface area contributed by atoms with Crippen LogP contribution in [0.3, 0.4) is 0 Å². The fourth-order valence-electron chi connectivity index (χ4n) is 1.19. The van der Waals surface area contributed by atoms with Crippen molar-refractivity contribution in [1.82, 2.24) is 5.43 Å². The summed E-state index contributed by atoms with van der Waals surface area (Å²) in [5.74, 6) is 0. The smallest absolute Gasteiger partial charge is 0.428 e. The Kier molecular flexibility index (Phi) is 4.97. The van der Waals surface area contributed by atoms with Gasteiger partial charge in [0.25, 0.3) is 0 Å². The molecule has 94 valence electrons. The van der Waals surface area contributed by atoms with Crippen LogP contribution in [0, 0.1) is 5.41 Å². The summed E-state index contributed by atoms with van der Waals surface area (Å²) in [5.41, 5.74) is 2.84. The number of carbonyl (C=O) groups is 1. The summed E-state index contributed by atoms with van der Waals surface area (Å²) in [6, 6.07) is 0. The normalized spacial score (nSPS) is 13.6. The summed E-state index contributed by atoms with van der Waals surface area (Å²) in [6.07, 6.45) is 0.293. The van der Waals surface area contributed by atoms with Crippen LogP contribution in [0.5, 0.6) is 0 Å². The number of hydrazone groups is 1. The third kappa shape index (κ3) is 6.43. The molecule has 1 N–H and O–H groups in total. The molecular formula is C12H24N2O2. The maximum absolute atomic E-state index is 11.4. The van der Waals surface area contributed by atoms with Gasteiger partial charge in [0.1, 0.15) is 5.60 Å². The van der Waals surface area contributed by atoms with Crippen LogP contribution in [0.25, 0.3) is 0 Å². The first kappa shape index (κ1) is 14.9. The Morgan fingerprint density at radius 3 is 2.00 bits per heavy atom. The number of nitrogens with one attached hydrogen (secondary N) is 1. The van der Waals surface area contributed by atoms with Crippen LogP contribution in [0.4, 0.5) is 4.79 Å². The molecule has 0 aliphatic heterocycles. The monoisotopic (exact) mass is 228 g/mol. The van der Waals surface area contributed by atoms with Crippen molar-refractivity contribution in [2.45, 2.75) is 60.5 Å². The Morgan fingerprint density at radius 2 is 1.69 bits per heavy atom. The Bertz CT molecular complexity index is 270. The van der Waals surface area contributed by atoms with Gasteiger partial charge in [-0.3, -0.25) is 0 Å². The number of amides is 1. The lowest BCUT2D eigenvalue weighted by Gasteiger charge is -2.21. The number of hydrogen-bond acceptors (Lipinski definition) is 3. The standard InChI is InChI=1S/C12H24N2O2/c1-8-9(11(2,3)4)13-14-10(15)16-12(5,6)7/h8H2,1-7H3,(H,14,15)/b13-9-. The predicted octanol–water partition coefficient (Wildman–Crippen LogP) is 3.32. The minimum Gasteiger partial charge on any atom is -0.443 e. The Balaban J connectivity index is 4.41. The number of nitrogens with zero attached hydrogens (tertiary/aromatic N) is 1. The van der Waals surface area contributed by atoms with Crippen LogP contribution >= 0.6 is 0 Å². The van der Waals surface area contributed by atoms with Crippen molar-refractivity contribution in [3.05, 3.63) is 0 Å². The minimum absolute atomic E-state index is 0.0379. The van der Waals surface area contributed by atoms with Gasteiger partial charge in [-0.2, -0.15) is 5.10 Å². The van der Waals surface area contributed by atoms with Gasteiger partial charge >= 0.3 is 6.09 Å². The van der Waals surface area contributed by atoms with Crippen LogP contribution < -0.4 is 5.43 Å². The molecule has 0 aromatic rings. The highest BCUT2D eigenvalue weighted by molar-refractivity contribution is 5.89. The maximum Gasteiger partial charge on any atom is 0.428 e. The molecule has 0 radical (unpaired) electrons. The van der Waals surface area contributed by atoms with Gasteiger partial charge < -0.3 is 4.74 Å². The molecule has 0 bridgehead atoms. The van der Waals surface area contributed by atoms with Crippen molar-refractivity contribution in [1.29, 1.82) is 0 Å². The molecule has 0 aliphatic rings. The number of rotatable bonds is 2. The number of carbonyl (C=O) groups excluding carboxylic acids is 1. The Morgan fingerprint density at radius 1 is 1.19 bits per heavy atom. The summed E-state index contributed by atoms with van der Waals surface area (Å²) in [4.78, 5) is 11.4. The summed E-state index contributed by atoms with van der Waals surface area (Å²) in [5, 5.41) is 4.09. The van der Waals surface area contributed by atoms with Crippen LogP contribution in [-0.2, 0) is 4.74 Å². The van der Waals surface area contributed by atoms with Gasteiger partial charge in [-0.15, -0.1) is 0 Å². The molecule has 0 saturated carbocycles.